The first-order valence-corrected chi connectivity index (χ1v) is 22.2. The summed E-state index contributed by atoms with van der Waals surface area (Å²) in [6.45, 7) is 0. The van der Waals surface area contributed by atoms with Crippen LogP contribution in [0.25, 0.3) is 62.0 Å². The Balaban J connectivity index is 0.969. The van der Waals surface area contributed by atoms with Crippen molar-refractivity contribution < 1.29 is 0 Å². The van der Waals surface area contributed by atoms with Crippen LogP contribution >= 0.6 is 0 Å². The fourth-order valence-electron chi connectivity index (χ4n) is 10.8. The lowest BCUT2D eigenvalue weighted by Gasteiger charge is -2.34. The minimum atomic E-state index is 0.119. The summed E-state index contributed by atoms with van der Waals surface area (Å²) in [4.78, 5) is 0. The van der Waals surface area contributed by atoms with Gasteiger partial charge in [-0.2, -0.15) is 0 Å². The molecule has 3 atom stereocenters. The SMILES string of the molecule is C1=Cc2c(n(-c3ccccc3)c3c(-c4ccccc4-n4c5c(c6ccccc64)CC(c4ccccc4C4CC(c6ccccc6)=CC(c6ccccc6)N4)C=C5)cccc23)CC1. The summed E-state index contributed by atoms with van der Waals surface area (Å²) in [6.07, 6.45) is 16.0. The standard InChI is InChI=1S/C59H47N3/c1-4-19-40(20-5-1)43-38-53(41-21-6-2-7-22-41)60-54(39-43)46-26-11-10-25-45(46)42-35-36-58-52(37-42)49-29-14-17-34-57(49)62(58)56-33-16-13-28-48(56)51-31-18-30-50-47-27-12-15-32-55(47)61(59(50)51)44-23-8-3-9-24-44/h1-14,16-31,33-36,38,42,53-54,60H,15,32,37,39H2. The Labute approximate surface area is 363 Å². The molecular weight excluding hydrogens is 751 g/mol. The number of hydrogen-bond acceptors (Lipinski definition) is 1. The Morgan fingerprint density at radius 2 is 1.24 bits per heavy atom. The van der Waals surface area contributed by atoms with E-state index in [0.717, 1.165) is 25.7 Å². The van der Waals surface area contributed by atoms with Gasteiger partial charge in [-0.25, -0.2) is 0 Å². The zero-order valence-corrected chi connectivity index (χ0v) is 34.7. The van der Waals surface area contributed by atoms with Gasteiger partial charge in [-0.1, -0.05) is 182 Å². The largest absolute Gasteiger partial charge is 0.312 e. The van der Waals surface area contributed by atoms with Crippen LogP contribution in [0.5, 0.6) is 0 Å². The molecule has 0 saturated heterocycles. The molecule has 0 radical (unpaired) electrons. The molecule has 0 bridgehead atoms. The second-order valence-electron chi connectivity index (χ2n) is 17.1. The predicted octanol–water partition coefficient (Wildman–Crippen LogP) is 14.4. The number of nitrogens with one attached hydrogen (secondary N) is 1. The van der Waals surface area contributed by atoms with Gasteiger partial charge in [0.05, 0.1) is 22.8 Å². The molecule has 2 aliphatic carbocycles. The Morgan fingerprint density at radius 3 is 2.10 bits per heavy atom. The summed E-state index contributed by atoms with van der Waals surface area (Å²) >= 11 is 0. The summed E-state index contributed by atoms with van der Waals surface area (Å²) in [6, 6.07) is 67.2. The monoisotopic (exact) mass is 797 g/mol. The lowest BCUT2D eigenvalue weighted by Crippen LogP contribution is -2.30. The van der Waals surface area contributed by atoms with Gasteiger partial charge in [-0.3, -0.25) is 5.32 Å². The maximum absolute atomic E-state index is 4.09. The quantitative estimate of drug-likeness (QED) is 0.170. The number of rotatable bonds is 7. The van der Waals surface area contributed by atoms with Gasteiger partial charge in [0.2, 0.25) is 0 Å². The summed E-state index contributed by atoms with van der Waals surface area (Å²) in [5.41, 5.74) is 19.6. The first-order valence-electron chi connectivity index (χ1n) is 22.2. The molecule has 0 spiro atoms. The highest BCUT2D eigenvalue weighted by atomic mass is 15.0. The van der Waals surface area contributed by atoms with Gasteiger partial charge in [0.1, 0.15) is 0 Å². The fraction of sp³-hybridized carbons (Fsp3) is 0.119. The third-order valence-corrected chi connectivity index (χ3v) is 13.6. The van der Waals surface area contributed by atoms with Crippen molar-refractivity contribution in [2.24, 2.45) is 0 Å². The van der Waals surface area contributed by atoms with E-state index in [-0.39, 0.29) is 18.0 Å². The van der Waals surface area contributed by atoms with E-state index in [0.29, 0.717) is 0 Å². The average Bonchev–Trinajstić information content (AvgIpc) is 3.87. The third-order valence-electron chi connectivity index (χ3n) is 13.6. The number of hydrogen-bond donors (Lipinski definition) is 1. The molecule has 298 valence electrons. The van der Waals surface area contributed by atoms with Gasteiger partial charge in [0.15, 0.2) is 0 Å². The van der Waals surface area contributed by atoms with Crippen LogP contribution in [0.4, 0.5) is 0 Å². The van der Waals surface area contributed by atoms with Crippen molar-refractivity contribution in [1.29, 1.82) is 0 Å². The van der Waals surface area contributed by atoms with Gasteiger partial charge in [0.25, 0.3) is 0 Å². The number of nitrogens with zero attached hydrogens (tertiary/aromatic N) is 2. The van der Waals surface area contributed by atoms with Crippen molar-refractivity contribution in [2.75, 3.05) is 0 Å². The van der Waals surface area contributed by atoms with Crippen LogP contribution in [-0.2, 0) is 12.8 Å². The zero-order valence-electron chi connectivity index (χ0n) is 34.7. The summed E-state index contributed by atoms with van der Waals surface area (Å²) < 4.78 is 5.07. The molecule has 0 fully saturated rings. The van der Waals surface area contributed by atoms with Crippen LogP contribution in [0.15, 0.2) is 200 Å². The lowest BCUT2D eigenvalue weighted by molar-refractivity contribution is 0.479. The number of allylic oxidation sites excluding steroid dienone is 2. The van der Waals surface area contributed by atoms with Gasteiger partial charge in [0, 0.05) is 56.5 Å². The smallest absolute Gasteiger partial charge is 0.0616 e. The van der Waals surface area contributed by atoms with Gasteiger partial charge >= 0.3 is 0 Å². The van der Waals surface area contributed by atoms with Crippen molar-refractivity contribution in [1.82, 2.24) is 14.5 Å². The number of fused-ring (bicyclic) bond motifs is 6. The first kappa shape index (κ1) is 36.6. The normalized spacial score (nSPS) is 18.1. The van der Waals surface area contributed by atoms with Crippen LogP contribution in [0, 0.1) is 0 Å². The van der Waals surface area contributed by atoms with Crippen LogP contribution in [-0.4, -0.2) is 9.13 Å². The fourth-order valence-corrected chi connectivity index (χ4v) is 10.8. The van der Waals surface area contributed by atoms with Crippen LogP contribution in [0.2, 0.25) is 0 Å². The highest BCUT2D eigenvalue weighted by Crippen LogP contribution is 2.46. The van der Waals surface area contributed by atoms with Crippen molar-refractivity contribution in [3.8, 4) is 22.5 Å². The van der Waals surface area contributed by atoms with Crippen molar-refractivity contribution in [2.45, 2.75) is 43.7 Å². The second kappa shape index (κ2) is 15.4. The molecule has 12 rings (SSSR count). The molecule has 9 aromatic rings. The maximum atomic E-state index is 4.09. The topological polar surface area (TPSA) is 21.9 Å². The minimum absolute atomic E-state index is 0.119. The average molecular weight is 798 g/mol. The molecule has 62 heavy (non-hydrogen) atoms. The molecule has 1 N–H and O–H groups in total. The van der Waals surface area contributed by atoms with E-state index in [1.165, 1.54) is 94.6 Å². The molecule has 1 aliphatic heterocycles. The lowest BCUT2D eigenvalue weighted by atomic mass is 9.80. The second-order valence-corrected chi connectivity index (χ2v) is 17.1. The van der Waals surface area contributed by atoms with Gasteiger partial charge < -0.3 is 9.13 Å². The molecule has 0 amide bonds. The Bertz CT molecular complexity index is 3220. The summed E-state index contributed by atoms with van der Waals surface area (Å²) in [5, 5.41) is 6.73. The Kier molecular flexibility index (Phi) is 9.08. The number of para-hydroxylation sites is 4. The predicted molar refractivity (Wildman–Crippen MR) is 259 cm³/mol. The molecule has 3 heteroatoms. The molecule has 0 saturated carbocycles. The van der Waals surface area contributed by atoms with Gasteiger partial charge in [-0.15, -0.1) is 0 Å². The highest BCUT2D eigenvalue weighted by molar-refractivity contribution is 6.04. The molecule has 3 aliphatic rings. The number of benzene rings is 7. The first-order chi connectivity index (χ1) is 30.8. The maximum Gasteiger partial charge on any atom is 0.0616 e. The Hall–Kier alpha value is -7.20. The molecule has 2 aromatic heterocycles. The molecule has 3 nitrogen and oxygen atoms in total. The third kappa shape index (κ3) is 6.15. The van der Waals surface area contributed by atoms with E-state index in [1.54, 1.807) is 0 Å². The zero-order chi connectivity index (χ0) is 41.0. The Morgan fingerprint density at radius 1 is 0.548 bits per heavy atom. The van der Waals surface area contributed by atoms with Crippen molar-refractivity contribution in [3.63, 3.8) is 0 Å². The summed E-state index contributed by atoms with van der Waals surface area (Å²) in [7, 11) is 0. The van der Waals surface area contributed by atoms with E-state index in [4.69, 9.17) is 0 Å². The van der Waals surface area contributed by atoms with E-state index < -0.39 is 0 Å². The van der Waals surface area contributed by atoms with Crippen LogP contribution in [0.1, 0.15) is 75.6 Å². The van der Waals surface area contributed by atoms with E-state index in [1.807, 2.05) is 0 Å². The van der Waals surface area contributed by atoms with E-state index >= 15 is 0 Å². The molecule has 7 aromatic carbocycles. The molecular formula is C59H47N3. The van der Waals surface area contributed by atoms with Crippen LogP contribution < -0.4 is 5.32 Å². The van der Waals surface area contributed by atoms with Gasteiger partial charge in [-0.05, 0) is 89.4 Å². The molecule has 3 unspecified atom stereocenters. The minimum Gasteiger partial charge on any atom is -0.312 e. The summed E-state index contributed by atoms with van der Waals surface area (Å²) in [5.74, 6) is 0.235. The van der Waals surface area contributed by atoms with Crippen LogP contribution in [0.3, 0.4) is 0 Å². The van der Waals surface area contributed by atoms with E-state index in [9.17, 15) is 0 Å². The van der Waals surface area contributed by atoms with E-state index in [2.05, 4.69) is 227 Å². The molecule has 3 heterocycles. The van der Waals surface area contributed by atoms with Crippen molar-refractivity contribution in [3.05, 3.63) is 245 Å². The van der Waals surface area contributed by atoms with Crippen molar-refractivity contribution >= 4 is 39.5 Å². The number of aromatic nitrogens is 2. The highest BCUT2D eigenvalue weighted by Gasteiger charge is 2.31.